The molecule has 2 aromatic carbocycles. The second-order valence-electron chi connectivity index (χ2n) is 16.4. The van der Waals surface area contributed by atoms with Crippen molar-refractivity contribution in [2.45, 2.75) is 97.8 Å². The molecule has 1 fully saturated rings. The van der Waals surface area contributed by atoms with Crippen molar-refractivity contribution in [2.75, 3.05) is 38.2 Å². The first kappa shape index (κ1) is 45.8. The molecular formula is C45H56F3N7O5. The molecule has 1 atom stereocenters. The lowest BCUT2D eigenvalue weighted by atomic mass is 9.77. The van der Waals surface area contributed by atoms with E-state index in [4.69, 9.17) is 4.74 Å². The number of benzene rings is 2. The van der Waals surface area contributed by atoms with Crippen molar-refractivity contribution in [3.63, 3.8) is 0 Å². The Labute approximate surface area is 349 Å². The van der Waals surface area contributed by atoms with Crippen LogP contribution in [0.3, 0.4) is 0 Å². The molecule has 0 unspecified atom stereocenters. The van der Waals surface area contributed by atoms with Crippen molar-refractivity contribution >= 4 is 35.1 Å². The third-order valence-corrected chi connectivity index (χ3v) is 10.9. The first-order valence-corrected chi connectivity index (χ1v) is 20.8. The number of carbonyl (C=O) groups excluding carboxylic acids is 4. The summed E-state index contributed by atoms with van der Waals surface area (Å²) in [5, 5.41) is 13.6. The van der Waals surface area contributed by atoms with E-state index in [0.717, 1.165) is 31.5 Å². The van der Waals surface area contributed by atoms with E-state index in [1.165, 1.54) is 12.1 Å². The van der Waals surface area contributed by atoms with Crippen LogP contribution < -0.4 is 10.6 Å². The summed E-state index contributed by atoms with van der Waals surface area (Å²) in [5.41, 5.74) is 0.0381. The van der Waals surface area contributed by atoms with Gasteiger partial charge in [-0.05, 0) is 132 Å². The molecule has 15 heteroatoms. The molecule has 0 bridgehead atoms. The summed E-state index contributed by atoms with van der Waals surface area (Å²) >= 11 is 0. The number of carbonyl (C=O) groups is 4. The van der Waals surface area contributed by atoms with Crippen molar-refractivity contribution in [1.29, 1.82) is 0 Å². The van der Waals surface area contributed by atoms with E-state index in [2.05, 4.69) is 35.7 Å². The van der Waals surface area contributed by atoms with E-state index in [1.807, 2.05) is 13.8 Å². The predicted octanol–water partition coefficient (Wildman–Crippen LogP) is 9.33. The molecule has 12 nitrogen and oxygen atoms in total. The van der Waals surface area contributed by atoms with Gasteiger partial charge in [-0.15, -0.1) is 5.11 Å². The number of anilines is 1. The lowest BCUT2D eigenvalue weighted by Crippen LogP contribution is -2.37. The van der Waals surface area contributed by atoms with Crippen LogP contribution in [-0.4, -0.2) is 77.7 Å². The fourth-order valence-electron chi connectivity index (χ4n) is 7.52. The first-order chi connectivity index (χ1) is 28.5. The van der Waals surface area contributed by atoms with Crippen LogP contribution in [0.25, 0.3) is 11.1 Å². The number of nitrogens with zero attached hydrogens (tertiary/aromatic N) is 5. The minimum absolute atomic E-state index is 0.0269. The molecule has 2 aliphatic rings. The zero-order chi connectivity index (χ0) is 43.5. The maximum absolute atomic E-state index is 14.4. The summed E-state index contributed by atoms with van der Waals surface area (Å²) in [5.74, 6) is -1.16. The highest BCUT2D eigenvalue weighted by Crippen LogP contribution is 2.37. The molecule has 2 amide bonds. The Hall–Kier alpha value is -5.31. The number of pyridine rings is 1. The second-order valence-corrected chi connectivity index (χ2v) is 16.4. The molecule has 2 N–H and O–H groups in total. The first-order valence-electron chi connectivity index (χ1n) is 20.8. The second kappa shape index (κ2) is 20.8. The molecule has 0 saturated heterocycles. The number of Topliss-reactive ketones (excluding diaryl/α,β-unsaturated/α-hetero) is 2. The molecule has 2 heterocycles. The maximum Gasteiger partial charge on any atom is 0.433 e. The van der Waals surface area contributed by atoms with E-state index in [9.17, 15) is 32.3 Å². The van der Waals surface area contributed by atoms with Crippen molar-refractivity contribution < 1.29 is 37.1 Å². The summed E-state index contributed by atoms with van der Waals surface area (Å²) < 4.78 is 48.5. The Morgan fingerprint density at radius 3 is 2.15 bits per heavy atom. The summed E-state index contributed by atoms with van der Waals surface area (Å²) in [4.78, 5) is 62.9. The van der Waals surface area contributed by atoms with Gasteiger partial charge in [0.2, 0.25) is 5.91 Å². The van der Waals surface area contributed by atoms with Crippen LogP contribution in [0.4, 0.5) is 23.7 Å². The molecule has 1 aromatic heterocycles. The van der Waals surface area contributed by atoms with Crippen molar-refractivity contribution in [1.82, 2.24) is 15.2 Å². The Morgan fingerprint density at radius 1 is 0.883 bits per heavy atom. The molecule has 3 aromatic rings. The lowest BCUT2D eigenvalue weighted by molar-refractivity contribution is -0.140. The standard InChI is InChI=1S/C45H56F3N7O5/c1-6-55(7-2)24-8-9-38(56)37-23-22-36(40(53-37)45(46,47)48)31-14-10-29(11-15-31)25-34(42(58)52-35-20-18-33(19-21-35)41-50-28-51-54-41)26-39(57)32-16-12-30(13-17-32)27-49-43(59)60-44(3,4)5/h10-11,14-15,18-23,30,32,34H,6-9,12-13,16-17,24-28H2,1-5H3,(H,49,59)(H,52,58)/t30?,32?,34-/m1/s1. The zero-order valence-electron chi connectivity index (χ0n) is 35.1. The maximum atomic E-state index is 14.4. The topological polar surface area (TPSA) is 155 Å². The molecule has 60 heavy (non-hydrogen) atoms. The van der Waals surface area contributed by atoms with Gasteiger partial charge < -0.3 is 20.3 Å². The molecule has 5 rings (SSSR count). The monoisotopic (exact) mass is 831 g/mol. The molecule has 1 aliphatic heterocycles. The number of rotatable bonds is 18. The number of azo groups is 1. The summed E-state index contributed by atoms with van der Waals surface area (Å²) in [6.07, 6.45) is -1.82. The fourth-order valence-corrected chi connectivity index (χ4v) is 7.52. The Morgan fingerprint density at radius 2 is 1.55 bits per heavy atom. The Bertz CT molecular complexity index is 2020. The number of alkyl carbamates (subject to hydrolysis) is 1. The number of hydrogen-bond donors (Lipinski definition) is 2. The van der Waals surface area contributed by atoms with E-state index < -0.39 is 35.3 Å². The molecule has 322 valence electrons. The molecule has 1 aliphatic carbocycles. The third-order valence-electron chi connectivity index (χ3n) is 10.9. The van der Waals surface area contributed by atoms with Crippen LogP contribution in [0, 0.1) is 17.8 Å². The van der Waals surface area contributed by atoms with Gasteiger partial charge in [0.15, 0.2) is 24.0 Å². The van der Waals surface area contributed by atoms with Gasteiger partial charge in [-0.1, -0.05) is 38.1 Å². The molecule has 1 saturated carbocycles. The van der Waals surface area contributed by atoms with E-state index in [0.29, 0.717) is 49.4 Å². The van der Waals surface area contributed by atoms with Gasteiger partial charge in [-0.2, -0.15) is 18.3 Å². The number of aliphatic imine (C=N–C) groups is 1. The predicted molar refractivity (Wildman–Crippen MR) is 224 cm³/mol. The minimum Gasteiger partial charge on any atom is -0.444 e. The molecular weight excluding hydrogens is 776 g/mol. The normalized spacial score (nSPS) is 17.2. The SMILES string of the molecule is CCN(CC)CCCC(=O)c1ccc(-c2ccc(C[C@H](CC(=O)C3CCC(CNC(=O)OC(C)(C)C)CC3)C(=O)Nc3ccc(C4=NCN=N4)cc3)cc2)c(C(F)(F)F)n1. The van der Waals surface area contributed by atoms with E-state index in [1.54, 1.807) is 69.3 Å². The average Bonchev–Trinajstić information content (AvgIpc) is 3.76. The highest BCUT2D eigenvalue weighted by Gasteiger charge is 2.37. The zero-order valence-corrected chi connectivity index (χ0v) is 35.1. The van der Waals surface area contributed by atoms with Gasteiger partial charge in [-0.25, -0.2) is 14.8 Å². The number of nitrogens with one attached hydrogen (secondary N) is 2. The third kappa shape index (κ3) is 13.4. The minimum atomic E-state index is -4.81. The van der Waals surface area contributed by atoms with Crippen LogP contribution in [-0.2, 0) is 26.9 Å². The number of amides is 2. The van der Waals surface area contributed by atoms with Crippen molar-refractivity contribution in [3.8, 4) is 11.1 Å². The largest absolute Gasteiger partial charge is 0.444 e. The highest BCUT2D eigenvalue weighted by atomic mass is 19.4. The van der Waals surface area contributed by atoms with Gasteiger partial charge in [0.25, 0.3) is 0 Å². The van der Waals surface area contributed by atoms with Crippen LogP contribution in [0.5, 0.6) is 0 Å². The Kier molecular flexibility index (Phi) is 15.9. The van der Waals surface area contributed by atoms with Crippen molar-refractivity contribution in [3.05, 3.63) is 83.2 Å². The lowest BCUT2D eigenvalue weighted by Gasteiger charge is -2.29. The number of aromatic nitrogens is 1. The van der Waals surface area contributed by atoms with E-state index >= 15 is 0 Å². The molecule has 0 spiro atoms. The summed E-state index contributed by atoms with van der Waals surface area (Å²) in [7, 11) is 0. The van der Waals surface area contributed by atoms with Crippen molar-refractivity contribution in [2.24, 2.45) is 33.0 Å². The fraction of sp³-hybridized carbons (Fsp3) is 0.511. The summed E-state index contributed by atoms with van der Waals surface area (Å²) in [6, 6.07) is 16.0. The quantitative estimate of drug-likeness (QED) is 0.121. The molecule has 0 radical (unpaired) electrons. The van der Waals surface area contributed by atoms with Gasteiger partial charge in [-0.3, -0.25) is 14.4 Å². The van der Waals surface area contributed by atoms with Crippen LogP contribution in [0.1, 0.15) is 107 Å². The van der Waals surface area contributed by atoms with Crippen LogP contribution in [0.15, 0.2) is 75.9 Å². The smallest absolute Gasteiger partial charge is 0.433 e. The number of halogens is 3. The van der Waals surface area contributed by atoms with Crippen LogP contribution >= 0.6 is 0 Å². The number of amidine groups is 1. The van der Waals surface area contributed by atoms with Gasteiger partial charge >= 0.3 is 12.3 Å². The highest BCUT2D eigenvalue weighted by molar-refractivity contribution is 6.01. The number of ether oxygens (including phenoxy) is 1. The van der Waals surface area contributed by atoms with Crippen LogP contribution in [0.2, 0.25) is 0 Å². The van der Waals surface area contributed by atoms with Gasteiger partial charge in [0.05, 0.1) is 0 Å². The number of ketones is 2. The number of alkyl halides is 3. The summed E-state index contributed by atoms with van der Waals surface area (Å²) in [6.45, 7) is 12.4. The van der Waals surface area contributed by atoms with Gasteiger partial charge in [0.1, 0.15) is 17.1 Å². The number of hydrogen-bond acceptors (Lipinski definition) is 10. The average molecular weight is 832 g/mol. The van der Waals surface area contributed by atoms with Gasteiger partial charge in [0, 0.05) is 48.0 Å². The van der Waals surface area contributed by atoms with E-state index in [-0.39, 0.29) is 66.3 Å². The Balaban J connectivity index is 1.28.